The third-order valence-electron chi connectivity index (χ3n) is 6.08. The van der Waals surface area contributed by atoms with Crippen molar-refractivity contribution in [2.45, 2.75) is 31.2 Å². The molecule has 108 valence electrons. The molecule has 3 unspecified atom stereocenters. The van der Waals surface area contributed by atoms with Gasteiger partial charge in [0.2, 0.25) is 0 Å². The molecule has 3 atom stereocenters. The van der Waals surface area contributed by atoms with E-state index in [9.17, 15) is 0 Å². The normalized spacial score (nSPS) is 35.5. The second-order valence-corrected chi connectivity index (χ2v) is 6.95. The molecule has 3 aliphatic rings. The number of likely N-dealkylation sites (N-methyl/N-ethyl adjacent to an activating group) is 1. The van der Waals surface area contributed by atoms with E-state index in [0.29, 0.717) is 0 Å². The number of benzene rings is 1. The van der Waals surface area contributed by atoms with Gasteiger partial charge in [-0.25, -0.2) is 0 Å². The summed E-state index contributed by atoms with van der Waals surface area (Å²) in [7, 11) is 2.20. The van der Waals surface area contributed by atoms with Crippen LogP contribution < -0.4 is 15.5 Å². The van der Waals surface area contributed by atoms with Gasteiger partial charge in [-0.05, 0) is 49.7 Å². The average molecular weight is 271 g/mol. The second-order valence-electron chi connectivity index (χ2n) is 6.95. The number of anilines is 2. The predicted octanol–water partition coefficient (Wildman–Crippen LogP) is 2.46. The van der Waals surface area contributed by atoms with E-state index in [0.717, 1.165) is 31.5 Å². The largest absolute Gasteiger partial charge is 0.371 e. The lowest BCUT2D eigenvalue weighted by molar-refractivity contribution is 0.256. The standard InChI is InChI=1S/C17H25N3/c1-19-8-9-20(16-5-3-2-4-15(16)19)17(12-18)11-13-6-7-14(17)10-13/h2-5,13-14H,6-12,18H2,1H3. The van der Waals surface area contributed by atoms with Gasteiger partial charge < -0.3 is 15.5 Å². The number of rotatable bonds is 2. The number of hydrogen-bond acceptors (Lipinski definition) is 3. The zero-order chi connectivity index (χ0) is 13.7. The summed E-state index contributed by atoms with van der Waals surface area (Å²) in [5.41, 5.74) is 9.33. The Balaban J connectivity index is 1.77. The van der Waals surface area contributed by atoms with Gasteiger partial charge in [0, 0.05) is 26.7 Å². The number of fused-ring (bicyclic) bond motifs is 3. The van der Waals surface area contributed by atoms with Crippen molar-refractivity contribution >= 4 is 11.4 Å². The van der Waals surface area contributed by atoms with Crippen molar-refractivity contribution in [1.82, 2.24) is 0 Å². The monoisotopic (exact) mass is 271 g/mol. The van der Waals surface area contributed by atoms with Gasteiger partial charge in [-0.1, -0.05) is 12.1 Å². The van der Waals surface area contributed by atoms with E-state index in [-0.39, 0.29) is 5.54 Å². The highest BCUT2D eigenvalue weighted by Gasteiger charge is 2.54. The minimum absolute atomic E-state index is 0.236. The molecule has 0 amide bonds. The van der Waals surface area contributed by atoms with Crippen molar-refractivity contribution in [3.63, 3.8) is 0 Å². The smallest absolute Gasteiger partial charge is 0.0609 e. The number of para-hydroxylation sites is 2. The molecule has 1 aliphatic heterocycles. The third-order valence-corrected chi connectivity index (χ3v) is 6.08. The molecular formula is C17H25N3. The van der Waals surface area contributed by atoms with E-state index in [1.807, 2.05) is 0 Å². The fourth-order valence-electron chi connectivity index (χ4n) is 5.07. The lowest BCUT2D eigenvalue weighted by Crippen LogP contribution is -2.60. The van der Waals surface area contributed by atoms with Gasteiger partial charge in [0.25, 0.3) is 0 Å². The maximum Gasteiger partial charge on any atom is 0.0609 e. The zero-order valence-corrected chi connectivity index (χ0v) is 12.4. The van der Waals surface area contributed by atoms with Gasteiger partial charge in [-0.15, -0.1) is 0 Å². The minimum atomic E-state index is 0.236. The van der Waals surface area contributed by atoms with Crippen LogP contribution in [0.3, 0.4) is 0 Å². The highest BCUT2D eigenvalue weighted by atomic mass is 15.3. The molecule has 2 aliphatic carbocycles. The van der Waals surface area contributed by atoms with Crippen molar-refractivity contribution in [2.24, 2.45) is 17.6 Å². The summed E-state index contributed by atoms with van der Waals surface area (Å²) < 4.78 is 0. The van der Waals surface area contributed by atoms with Gasteiger partial charge in [0.05, 0.1) is 16.9 Å². The van der Waals surface area contributed by atoms with Gasteiger partial charge in [0.15, 0.2) is 0 Å². The van der Waals surface area contributed by atoms with Crippen LogP contribution >= 0.6 is 0 Å². The quantitative estimate of drug-likeness (QED) is 0.897. The fourth-order valence-corrected chi connectivity index (χ4v) is 5.07. The molecule has 20 heavy (non-hydrogen) atoms. The molecule has 1 aromatic carbocycles. The van der Waals surface area contributed by atoms with Gasteiger partial charge in [-0.2, -0.15) is 0 Å². The summed E-state index contributed by atoms with van der Waals surface area (Å²) in [5.74, 6) is 1.74. The maximum atomic E-state index is 6.32. The molecular weight excluding hydrogens is 246 g/mol. The molecule has 4 rings (SSSR count). The second kappa shape index (κ2) is 4.39. The topological polar surface area (TPSA) is 32.5 Å². The van der Waals surface area contributed by atoms with Crippen LogP contribution in [0.4, 0.5) is 11.4 Å². The minimum Gasteiger partial charge on any atom is -0.371 e. The summed E-state index contributed by atoms with van der Waals surface area (Å²) in [4.78, 5) is 5.05. The van der Waals surface area contributed by atoms with Crippen molar-refractivity contribution in [1.29, 1.82) is 0 Å². The van der Waals surface area contributed by atoms with Crippen LogP contribution in [-0.4, -0.2) is 32.2 Å². The average Bonchev–Trinajstić information content (AvgIpc) is 3.09. The molecule has 1 aromatic rings. The number of hydrogen-bond donors (Lipinski definition) is 1. The summed E-state index contributed by atoms with van der Waals surface area (Å²) in [6, 6.07) is 8.85. The van der Waals surface area contributed by atoms with Crippen molar-refractivity contribution < 1.29 is 0 Å². The lowest BCUT2D eigenvalue weighted by atomic mass is 9.78. The van der Waals surface area contributed by atoms with Crippen LogP contribution in [0.25, 0.3) is 0 Å². The van der Waals surface area contributed by atoms with Crippen LogP contribution in [0.15, 0.2) is 24.3 Å². The van der Waals surface area contributed by atoms with E-state index in [2.05, 4.69) is 41.1 Å². The van der Waals surface area contributed by atoms with Gasteiger partial charge >= 0.3 is 0 Å². The zero-order valence-electron chi connectivity index (χ0n) is 12.4. The summed E-state index contributed by atoms with van der Waals surface area (Å²) in [6.07, 6.45) is 5.54. The first kappa shape index (κ1) is 12.5. The van der Waals surface area contributed by atoms with E-state index >= 15 is 0 Å². The molecule has 0 radical (unpaired) electrons. The molecule has 3 heteroatoms. The Morgan fingerprint density at radius 2 is 2.00 bits per heavy atom. The Kier molecular flexibility index (Phi) is 2.75. The van der Waals surface area contributed by atoms with Crippen LogP contribution in [0.2, 0.25) is 0 Å². The molecule has 0 saturated heterocycles. The molecule has 2 N–H and O–H groups in total. The van der Waals surface area contributed by atoms with E-state index in [4.69, 9.17) is 5.73 Å². The summed E-state index contributed by atoms with van der Waals surface area (Å²) in [5, 5.41) is 0. The molecule has 1 heterocycles. The summed E-state index contributed by atoms with van der Waals surface area (Å²) in [6.45, 7) is 3.04. The Hall–Kier alpha value is -1.22. The molecule has 2 saturated carbocycles. The van der Waals surface area contributed by atoms with Gasteiger partial charge in [-0.3, -0.25) is 0 Å². The highest BCUT2D eigenvalue weighted by Crippen LogP contribution is 2.55. The molecule has 0 aromatic heterocycles. The van der Waals surface area contributed by atoms with Crippen LogP contribution in [0.1, 0.15) is 25.7 Å². The highest BCUT2D eigenvalue weighted by molar-refractivity contribution is 5.74. The first-order valence-electron chi connectivity index (χ1n) is 8.02. The first-order valence-corrected chi connectivity index (χ1v) is 8.02. The summed E-state index contributed by atoms with van der Waals surface area (Å²) >= 11 is 0. The predicted molar refractivity (Wildman–Crippen MR) is 84.3 cm³/mol. The molecule has 0 spiro atoms. The Bertz CT molecular complexity index is 515. The van der Waals surface area contributed by atoms with Crippen molar-refractivity contribution in [3.8, 4) is 0 Å². The van der Waals surface area contributed by atoms with Crippen LogP contribution in [0, 0.1) is 11.8 Å². The van der Waals surface area contributed by atoms with Crippen molar-refractivity contribution in [2.75, 3.05) is 36.5 Å². The van der Waals surface area contributed by atoms with Crippen molar-refractivity contribution in [3.05, 3.63) is 24.3 Å². The first-order chi connectivity index (χ1) is 9.74. The third kappa shape index (κ3) is 1.56. The van der Waals surface area contributed by atoms with Crippen LogP contribution in [0.5, 0.6) is 0 Å². The van der Waals surface area contributed by atoms with Crippen LogP contribution in [-0.2, 0) is 0 Å². The van der Waals surface area contributed by atoms with Gasteiger partial charge in [0.1, 0.15) is 0 Å². The lowest BCUT2D eigenvalue weighted by Gasteiger charge is -2.51. The van der Waals surface area contributed by atoms with E-state index in [1.165, 1.54) is 37.1 Å². The fraction of sp³-hybridized carbons (Fsp3) is 0.647. The number of nitrogens with two attached hydrogens (primary N) is 1. The Labute approximate surface area is 121 Å². The Morgan fingerprint density at radius 1 is 1.20 bits per heavy atom. The maximum absolute atomic E-state index is 6.32. The molecule has 2 bridgehead atoms. The van der Waals surface area contributed by atoms with E-state index in [1.54, 1.807) is 0 Å². The van der Waals surface area contributed by atoms with E-state index < -0.39 is 0 Å². The SMILES string of the molecule is CN1CCN(C2(CN)CC3CCC2C3)c2ccccc21. The Morgan fingerprint density at radius 3 is 2.65 bits per heavy atom. The molecule has 3 nitrogen and oxygen atoms in total. The number of nitrogens with zero attached hydrogens (tertiary/aromatic N) is 2. The molecule has 2 fully saturated rings.